The molecule has 0 atom stereocenters. The number of aromatic amines is 1. The normalized spacial score (nSPS) is 10.5. The number of phenols is 2. The number of nitrogens with zero attached hydrogens (tertiary/aromatic N) is 1. The monoisotopic (exact) mass is 219 g/mol. The fourth-order valence-corrected chi connectivity index (χ4v) is 1.40. The summed E-state index contributed by atoms with van der Waals surface area (Å²) in [5, 5.41) is 21.6. The van der Waals surface area contributed by atoms with Gasteiger partial charge >= 0.3 is 0 Å². The lowest BCUT2D eigenvalue weighted by atomic mass is 10.2. The highest BCUT2D eigenvalue weighted by molar-refractivity contribution is 5.40. The number of aromatic hydroxyl groups is 2. The summed E-state index contributed by atoms with van der Waals surface area (Å²) in [6.07, 6.45) is 3.47. The molecule has 16 heavy (non-hydrogen) atoms. The van der Waals surface area contributed by atoms with Crippen LogP contribution in [0, 0.1) is 0 Å². The van der Waals surface area contributed by atoms with Crippen LogP contribution in [0.1, 0.15) is 11.4 Å². The quantitative estimate of drug-likeness (QED) is 0.581. The topological polar surface area (TPSA) is 81.2 Å². The molecule has 0 saturated heterocycles. The van der Waals surface area contributed by atoms with Gasteiger partial charge in [0.2, 0.25) is 0 Å². The average molecular weight is 219 g/mol. The Kier molecular flexibility index (Phi) is 3.07. The molecule has 0 bridgehead atoms. The van der Waals surface area contributed by atoms with E-state index < -0.39 is 0 Å². The fourth-order valence-electron chi connectivity index (χ4n) is 1.40. The summed E-state index contributed by atoms with van der Waals surface area (Å²) in [5.41, 5.74) is 0.904. The van der Waals surface area contributed by atoms with Gasteiger partial charge in [-0.25, -0.2) is 4.98 Å². The fraction of sp³-hybridized carbons (Fsp3) is 0.182. The summed E-state index contributed by atoms with van der Waals surface area (Å²) in [6, 6.07) is 4.76. The molecule has 0 saturated carbocycles. The second-order valence-electron chi connectivity index (χ2n) is 3.46. The largest absolute Gasteiger partial charge is 0.504 e. The zero-order valence-corrected chi connectivity index (χ0v) is 8.64. The van der Waals surface area contributed by atoms with Crippen LogP contribution < -0.4 is 5.32 Å². The molecule has 0 amide bonds. The molecule has 1 heterocycles. The molecule has 4 N–H and O–H groups in total. The number of nitrogens with one attached hydrogen (secondary N) is 2. The van der Waals surface area contributed by atoms with Gasteiger partial charge in [0.05, 0.1) is 6.54 Å². The number of rotatable bonds is 4. The van der Waals surface area contributed by atoms with Crippen LogP contribution in [0.15, 0.2) is 30.6 Å². The Bertz CT molecular complexity index is 454. The van der Waals surface area contributed by atoms with E-state index in [4.69, 9.17) is 5.11 Å². The summed E-state index contributed by atoms with van der Waals surface area (Å²) in [5.74, 6) is 0.662. The van der Waals surface area contributed by atoms with E-state index in [0.717, 1.165) is 11.4 Å². The number of H-pyrrole nitrogens is 1. The number of hydrogen-bond donors (Lipinski definition) is 4. The van der Waals surface area contributed by atoms with Crippen molar-refractivity contribution in [2.24, 2.45) is 0 Å². The van der Waals surface area contributed by atoms with Gasteiger partial charge in [-0.05, 0) is 17.7 Å². The van der Waals surface area contributed by atoms with E-state index in [1.165, 1.54) is 12.1 Å². The van der Waals surface area contributed by atoms with Gasteiger partial charge in [-0.15, -0.1) is 0 Å². The van der Waals surface area contributed by atoms with Crippen molar-refractivity contribution in [3.8, 4) is 11.5 Å². The molecule has 1 aromatic heterocycles. The van der Waals surface area contributed by atoms with Crippen molar-refractivity contribution in [3.63, 3.8) is 0 Å². The van der Waals surface area contributed by atoms with Crippen molar-refractivity contribution in [2.45, 2.75) is 13.1 Å². The van der Waals surface area contributed by atoms with Crippen molar-refractivity contribution >= 4 is 0 Å². The molecular weight excluding hydrogens is 206 g/mol. The molecule has 1 aromatic carbocycles. The molecule has 0 aliphatic heterocycles. The summed E-state index contributed by atoms with van der Waals surface area (Å²) in [6.45, 7) is 1.24. The standard InChI is InChI=1S/C11H13N3O2/c15-9-2-1-8(5-10(9)16)6-12-7-11-13-3-4-14-11/h1-5,12,15-16H,6-7H2,(H,13,14). The highest BCUT2D eigenvalue weighted by Crippen LogP contribution is 2.24. The van der Waals surface area contributed by atoms with Crippen molar-refractivity contribution in [1.82, 2.24) is 15.3 Å². The molecule has 0 aliphatic rings. The predicted molar refractivity (Wildman–Crippen MR) is 58.9 cm³/mol. The minimum Gasteiger partial charge on any atom is -0.504 e. The van der Waals surface area contributed by atoms with Gasteiger partial charge in [-0.2, -0.15) is 0 Å². The van der Waals surface area contributed by atoms with E-state index in [0.29, 0.717) is 13.1 Å². The van der Waals surface area contributed by atoms with Gasteiger partial charge in [-0.1, -0.05) is 6.07 Å². The van der Waals surface area contributed by atoms with E-state index in [1.807, 2.05) is 0 Å². The van der Waals surface area contributed by atoms with Gasteiger partial charge in [0.15, 0.2) is 11.5 Å². The van der Waals surface area contributed by atoms with Gasteiger partial charge < -0.3 is 20.5 Å². The first-order valence-corrected chi connectivity index (χ1v) is 4.95. The maximum Gasteiger partial charge on any atom is 0.157 e. The Morgan fingerprint density at radius 2 is 2.06 bits per heavy atom. The molecule has 84 valence electrons. The third-order valence-electron chi connectivity index (χ3n) is 2.22. The maximum atomic E-state index is 9.29. The van der Waals surface area contributed by atoms with Crippen molar-refractivity contribution in [1.29, 1.82) is 0 Å². The van der Waals surface area contributed by atoms with E-state index in [2.05, 4.69) is 15.3 Å². The summed E-state index contributed by atoms with van der Waals surface area (Å²) >= 11 is 0. The average Bonchev–Trinajstić information content (AvgIpc) is 2.76. The van der Waals surface area contributed by atoms with Crippen LogP contribution in [0.5, 0.6) is 11.5 Å². The molecule has 0 aliphatic carbocycles. The van der Waals surface area contributed by atoms with Crippen LogP contribution in [0.3, 0.4) is 0 Å². The summed E-state index contributed by atoms with van der Waals surface area (Å²) < 4.78 is 0. The van der Waals surface area contributed by atoms with Crippen LogP contribution >= 0.6 is 0 Å². The van der Waals surface area contributed by atoms with E-state index in [1.54, 1.807) is 18.5 Å². The molecular formula is C11H13N3O2. The zero-order valence-electron chi connectivity index (χ0n) is 8.64. The van der Waals surface area contributed by atoms with Crippen LogP contribution in [0.25, 0.3) is 0 Å². The van der Waals surface area contributed by atoms with Crippen LogP contribution in [-0.2, 0) is 13.1 Å². The van der Waals surface area contributed by atoms with E-state index in [9.17, 15) is 5.11 Å². The molecule has 0 radical (unpaired) electrons. The maximum absolute atomic E-state index is 9.29. The lowest BCUT2D eigenvalue weighted by Crippen LogP contribution is -2.13. The van der Waals surface area contributed by atoms with E-state index >= 15 is 0 Å². The third-order valence-corrected chi connectivity index (χ3v) is 2.22. The van der Waals surface area contributed by atoms with Gasteiger partial charge in [-0.3, -0.25) is 0 Å². The molecule has 0 spiro atoms. The highest BCUT2D eigenvalue weighted by Gasteiger charge is 2.00. The minimum absolute atomic E-state index is 0.0997. The SMILES string of the molecule is Oc1ccc(CNCc2ncc[nH]2)cc1O. The number of imidazole rings is 1. The van der Waals surface area contributed by atoms with Gasteiger partial charge in [0, 0.05) is 18.9 Å². The molecule has 2 rings (SSSR count). The lowest BCUT2D eigenvalue weighted by Gasteiger charge is -2.04. The van der Waals surface area contributed by atoms with Crippen molar-refractivity contribution in [2.75, 3.05) is 0 Å². The van der Waals surface area contributed by atoms with Crippen LogP contribution in [0.2, 0.25) is 0 Å². The molecule has 5 heteroatoms. The lowest BCUT2D eigenvalue weighted by molar-refractivity contribution is 0.403. The van der Waals surface area contributed by atoms with Crippen molar-refractivity contribution in [3.05, 3.63) is 42.0 Å². The van der Waals surface area contributed by atoms with Gasteiger partial charge in [0.25, 0.3) is 0 Å². The second kappa shape index (κ2) is 4.67. The zero-order chi connectivity index (χ0) is 11.4. The Morgan fingerprint density at radius 3 is 2.75 bits per heavy atom. The predicted octanol–water partition coefficient (Wildman–Crippen LogP) is 1.11. The number of aromatic nitrogens is 2. The Labute approximate surface area is 92.8 Å². The Balaban J connectivity index is 1.87. The first kappa shape index (κ1) is 10.5. The Morgan fingerprint density at radius 1 is 1.19 bits per heavy atom. The summed E-state index contributed by atoms with van der Waals surface area (Å²) in [7, 11) is 0. The smallest absolute Gasteiger partial charge is 0.157 e. The van der Waals surface area contributed by atoms with E-state index in [-0.39, 0.29) is 11.5 Å². The first-order valence-electron chi connectivity index (χ1n) is 4.95. The highest BCUT2D eigenvalue weighted by atomic mass is 16.3. The molecule has 2 aromatic rings. The number of phenolic OH excluding ortho intramolecular Hbond substituents is 2. The number of hydrogen-bond acceptors (Lipinski definition) is 4. The molecule has 0 fully saturated rings. The number of benzene rings is 1. The van der Waals surface area contributed by atoms with Crippen LogP contribution in [0.4, 0.5) is 0 Å². The first-order chi connectivity index (χ1) is 7.75. The Hall–Kier alpha value is -2.01. The minimum atomic E-state index is -0.102. The van der Waals surface area contributed by atoms with Gasteiger partial charge in [0.1, 0.15) is 5.82 Å². The second-order valence-corrected chi connectivity index (χ2v) is 3.46. The molecule has 0 unspecified atom stereocenters. The molecule has 5 nitrogen and oxygen atoms in total. The summed E-state index contributed by atoms with van der Waals surface area (Å²) in [4.78, 5) is 7.05. The third kappa shape index (κ3) is 2.52. The van der Waals surface area contributed by atoms with Crippen LogP contribution in [-0.4, -0.2) is 20.2 Å². The van der Waals surface area contributed by atoms with Crippen molar-refractivity contribution < 1.29 is 10.2 Å².